The molecule has 0 aliphatic carbocycles. The monoisotopic (exact) mass is 380 g/mol. The first-order valence-corrected chi connectivity index (χ1v) is 8.66. The van der Waals surface area contributed by atoms with E-state index in [1.807, 2.05) is 6.07 Å². The number of Topliss-reactive ketones (excluding diaryl/α,β-unsaturated/α-hetero) is 1. The molecular formula is C22H17ClO4. The lowest BCUT2D eigenvalue weighted by molar-refractivity contribution is 0.0277. The molecule has 0 radical (unpaired) electrons. The van der Waals surface area contributed by atoms with Crippen LogP contribution in [-0.2, 0) is 4.74 Å². The van der Waals surface area contributed by atoms with Gasteiger partial charge in [-0.25, -0.2) is 4.79 Å². The molecule has 0 bridgehead atoms. The highest BCUT2D eigenvalue weighted by atomic mass is 35.5. The fourth-order valence-electron chi connectivity index (χ4n) is 2.65. The van der Waals surface area contributed by atoms with Crippen LogP contribution in [0.1, 0.15) is 32.4 Å². The van der Waals surface area contributed by atoms with Gasteiger partial charge < -0.3 is 9.47 Å². The fourth-order valence-corrected chi connectivity index (χ4v) is 2.77. The molecule has 1 atom stereocenters. The highest BCUT2D eigenvalue weighted by molar-refractivity contribution is 6.30. The first-order chi connectivity index (χ1) is 13.1. The van der Waals surface area contributed by atoms with E-state index in [0.717, 1.165) is 0 Å². The molecule has 0 fully saturated rings. The summed E-state index contributed by atoms with van der Waals surface area (Å²) in [5.74, 6) is -0.581. The summed E-state index contributed by atoms with van der Waals surface area (Å²) in [6.07, 6.45) is -1.10. The number of halogens is 1. The van der Waals surface area contributed by atoms with Crippen LogP contribution in [0.4, 0.5) is 0 Å². The first kappa shape index (κ1) is 18.7. The smallest absolute Gasteiger partial charge is 0.342 e. The molecule has 0 heterocycles. The summed E-state index contributed by atoms with van der Waals surface area (Å²) in [5.41, 5.74) is 1.24. The number of ether oxygens (including phenoxy) is 2. The van der Waals surface area contributed by atoms with Gasteiger partial charge in [-0.2, -0.15) is 0 Å². The number of esters is 1. The van der Waals surface area contributed by atoms with Crippen molar-refractivity contribution in [2.24, 2.45) is 0 Å². The van der Waals surface area contributed by atoms with Gasteiger partial charge in [0, 0.05) is 16.1 Å². The molecule has 0 aliphatic heterocycles. The van der Waals surface area contributed by atoms with E-state index < -0.39 is 12.1 Å². The maximum Gasteiger partial charge on any atom is 0.342 e. The van der Waals surface area contributed by atoms with Gasteiger partial charge in [0.15, 0.2) is 6.10 Å². The molecule has 0 saturated heterocycles. The quantitative estimate of drug-likeness (QED) is 0.439. The van der Waals surface area contributed by atoms with E-state index >= 15 is 0 Å². The van der Waals surface area contributed by atoms with Crippen LogP contribution in [0.15, 0.2) is 78.9 Å². The summed E-state index contributed by atoms with van der Waals surface area (Å²) >= 11 is 5.94. The fraction of sp³-hybridized carbons (Fsp3) is 0.0909. The van der Waals surface area contributed by atoms with Gasteiger partial charge in [-0.1, -0.05) is 66.2 Å². The predicted octanol–water partition coefficient (Wildman–Crippen LogP) is 5.13. The summed E-state index contributed by atoms with van der Waals surface area (Å²) in [6.45, 7) is 0. The van der Waals surface area contributed by atoms with Gasteiger partial charge in [-0.15, -0.1) is 0 Å². The minimum Gasteiger partial charge on any atom is -0.496 e. The standard InChI is InChI=1S/C22H17ClO4/c1-26-19-10-6-5-9-18(19)22(25)27-21(16-11-13-17(23)14-12-16)20(24)15-7-3-2-4-8-15/h2-14,21H,1H3. The minimum absolute atomic E-state index is 0.250. The Hall–Kier alpha value is -3.11. The van der Waals surface area contributed by atoms with Gasteiger partial charge in [-0.3, -0.25) is 4.79 Å². The number of hydrogen-bond acceptors (Lipinski definition) is 4. The normalized spacial score (nSPS) is 11.5. The van der Waals surface area contributed by atoms with E-state index in [4.69, 9.17) is 21.1 Å². The van der Waals surface area contributed by atoms with Crippen molar-refractivity contribution in [3.8, 4) is 5.75 Å². The van der Waals surface area contributed by atoms with Crippen molar-refractivity contribution < 1.29 is 19.1 Å². The van der Waals surface area contributed by atoms with Crippen molar-refractivity contribution in [3.05, 3.63) is 101 Å². The lowest BCUT2D eigenvalue weighted by Gasteiger charge is -2.18. The molecule has 3 rings (SSSR count). The van der Waals surface area contributed by atoms with Gasteiger partial charge in [0.05, 0.1) is 7.11 Å². The molecule has 0 spiro atoms. The van der Waals surface area contributed by atoms with Crippen molar-refractivity contribution in [3.63, 3.8) is 0 Å². The molecule has 0 N–H and O–H groups in total. The van der Waals surface area contributed by atoms with Crippen LogP contribution in [-0.4, -0.2) is 18.9 Å². The number of carbonyl (C=O) groups excluding carboxylic acids is 2. The zero-order valence-electron chi connectivity index (χ0n) is 14.6. The van der Waals surface area contributed by atoms with Gasteiger partial charge in [0.2, 0.25) is 5.78 Å². The molecule has 3 aromatic rings. The summed E-state index contributed by atoms with van der Waals surface area (Å²) < 4.78 is 10.8. The van der Waals surface area contributed by atoms with E-state index in [0.29, 0.717) is 21.9 Å². The summed E-state index contributed by atoms with van der Waals surface area (Å²) in [6, 6.07) is 22.0. The third kappa shape index (κ3) is 4.36. The van der Waals surface area contributed by atoms with Crippen molar-refractivity contribution >= 4 is 23.4 Å². The Morgan fingerprint density at radius 3 is 2.15 bits per heavy atom. The molecule has 5 heteroatoms. The van der Waals surface area contributed by atoms with Gasteiger partial charge in [-0.05, 0) is 24.3 Å². The largest absolute Gasteiger partial charge is 0.496 e. The number of carbonyl (C=O) groups is 2. The molecule has 136 valence electrons. The Morgan fingerprint density at radius 1 is 0.852 bits per heavy atom. The molecule has 3 aromatic carbocycles. The van der Waals surface area contributed by atoms with Crippen molar-refractivity contribution in [1.29, 1.82) is 0 Å². The lowest BCUT2D eigenvalue weighted by atomic mass is 9.99. The van der Waals surface area contributed by atoms with Gasteiger partial charge >= 0.3 is 5.97 Å². The molecular weight excluding hydrogens is 364 g/mol. The molecule has 0 aliphatic rings. The number of methoxy groups -OCH3 is 1. The SMILES string of the molecule is COc1ccccc1C(=O)OC(C(=O)c1ccccc1)c1ccc(Cl)cc1. The van der Waals surface area contributed by atoms with Crippen LogP contribution in [0.5, 0.6) is 5.75 Å². The van der Waals surface area contributed by atoms with Crippen LogP contribution >= 0.6 is 11.6 Å². The zero-order chi connectivity index (χ0) is 19.2. The predicted molar refractivity (Wildman–Crippen MR) is 103 cm³/mol. The Labute approximate surface area is 162 Å². The second-order valence-electron chi connectivity index (χ2n) is 5.77. The number of benzene rings is 3. The van der Waals surface area contributed by atoms with Crippen LogP contribution in [0.2, 0.25) is 5.02 Å². The van der Waals surface area contributed by atoms with E-state index in [-0.39, 0.29) is 11.3 Å². The highest BCUT2D eigenvalue weighted by Crippen LogP contribution is 2.27. The van der Waals surface area contributed by atoms with E-state index in [9.17, 15) is 9.59 Å². The molecule has 0 aromatic heterocycles. The van der Waals surface area contributed by atoms with E-state index in [2.05, 4.69) is 0 Å². The number of rotatable bonds is 6. The highest BCUT2D eigenvalue weighted by Gasteiger charge is 2.27. The molecule has 4 nitrogen and oxygen atoms in total. The van der Waals surface area contributed by atoms with Crippen molar-refractivity contribution in [2.45, 2.75) is 6.10 Å². The zero-order valence-corrected chi connectivity index (χ0v) is 15.3. The van der Waals surface area contributed by atoms with Crippen LogP contribution in [0, 0.1) is 0 Å². The summed E-state index contributed by atoms with van der Waals surface area (Å²) in [4.78, 5) is 25.7. The summed E-state index contributed by atoms with van der Waals surface area (Å²) in [7, 11) is 1.47. The summed E-state index contributed by atoms with van der Waals surface area (Å²) in [5, 5.41) is 0.528. The number of para-hydroxylation sites is 1. The Balaban J connectivity index is 1.96. The third-order valence-corrected chi connectivity index (χ3v) is 4.27. The maximum atomic E-state index is 13.0. The van der Waals surface area contributed by atoms with Crippen LogP contribution in [0.25, 0.3) is 0 Å². The average molecular weight is 381 g/mol. The molecule has 0 saturated carbocycles. The van der Waals surface area contributed by atoms with Crippen LogP contribution in [0.3, 0.4) is 0 Å². The third-order valence-electron chi connectivity index (χ3n) is 4.02. The molecule has 27 heavy (non-hydrogen) atoms. The first-order valence-electron chi connectivity index (χ1n) is 8.29. The van der Waals surface area contributed by atoms with Crippen molar-refractivity contribution in [1.82, 2.24) is 0 Å². The van der Waals surface area contributed by atoms with Crippen LogP contribution < -0.4 is 4.74 Å². The Morgan fingerprint density at radius 2 is 1.48 bits per heavy atom. The van der Waals surface area contributed by atoms with E-state index in [1.54, 1.807) is 72.8 Å². The van der Waals surface area contributed by atoms with Crippen molar-refractivity contribution in [2.75, 3.05) is 7.11 Å². The Kier molecular flexibility index (Phi) is 5.89. The van der Waals surface area contributed by atoms with E-state index in [1.165, 1.54) is 7.11 Å². The minimum atomic E-state index is -1.10. The van der Waals surface area contributed by atoms with Gasteiger partial charge in [0.1, 0.15) is 11.3 Å². The second kappa shape index (κ2) is 8.52. The number of hydrogen-bond donors (Lipinski definition) is 0. The Bertz CT molecular complexity index is 936. The molecule has 1 unspecified atom stereocenters. The average Bonchev–Trinajstić information content (AvgIpc) is 2.72. The van der Waals surface area contributed by atoms with Gasteiger partial charge in [0.25, 0.3) is 0 Å². The number of ketones is 1. The second-order valence-corrected chi connectivity index (χ2v) is 6.20. The maximum absolute atomic E-state index is 13.0. The lowest BCUT2D eigenvalue weighted by Crippen LogP contribution is -2.20. The molecule has 0 amide bonds. The topological polar surface area (TPSA) is 52.6 Å².